The van der Waals surface area contributed by atoms with Crippen molar-refractivity contribution in [2.75, 3.05) is 38.4 Å². The lowest BCUT2D eigenvalue weighted by Crippen LogP contribution is -2.17. The van der Waals surface area contributed by atoms with Gasteiger partial charge >= 0.3 is 15.6 Å². The first kappa shape index (κ1) is 30.5. The highest BCUT2D eigenvalue weighted by Gasteiger charge is 2.31. The molecule has 0 saturated heterocycles. The molecular formula is C24H31N3O10P2. The van der Waals surface area contributed by atoms with E-state index in [2.05, 4.69) is 15.5 Å². The Hall–Kier alpha value is -3.05. The molecule has 0 spiro atoms. The molecule has 0 unspecified atom stereocenters. The van der Waals surface area contributed by atoms with Crippen LogP contribution in [0.2, 0.25) is 0 Å². The van der Waals surface area contributed by atoms with Crippen LogP contribution in [0, 0.1) is 0 Å². The van der Waals surface area contributed by atoms with Crippen LogP contribution in [0.1, 0.15) is 33.3 Å². The Morgan fingerprint density at radius 1 is 0.795 bits per heavy atom. The zero-order valence-electron chi connectivity index (χ0n) is 22.0. The highest BCUT2D eigenvalue weighted by atomic mass is 31.2. The fourth-order valence-electron chi connectivity index (χ4n) is 3.19. The Morgan fingerprint density at radius 2 is 1.36 bits per heavy atom. The zero-order chi connectivity index (χ0) is 28.3. The summed E-state index contributed by atoms with van der Waals surface area (Å²) in [6.45, 7) is 6.63. The fourth-order valence-corrected chi connectivity index (χ4v) is 5.55. The molecule has 1 aliphatic heterocycles. The largest absolute Gasteiger partial charge is 0.531 e. The second-order valence-electron chi connectivity index (χ2n) is 7.45. The first-order valence-electron chi connectivity index (χ1n) is 12.2. The number of benzene rings is 2. The van der Waals surface area contributed by atoms with Crippen LogP contribution in [0.25, 0.3) is 0 Å². The van der Waals surface area contributed by atoms with E-state index >= 15 is 0 Å². The van der Waals surface area contributed by atoms with Gasteiger partial charge in [0.05, 0.1) is 32.1 Å². The molecule has 39 heavy (non-hydrogen) atoms. The molecule has 1 N–H and O–H groups in total. The summed E-state index contributed by atoms with van der Waals surface area (Å²) in [7, 11) is -7.80. The fraction of sp³-hybridized carbons (Fsp3) is 0.375. The minimum atomic E-state index is -4.04. The molecule has 0 aromatic heterocycles. The molecule has 2 aromatic carbocycles. The van der Waals surface area contributed by atoms with Crippen molar-refractivity contribution in [2.45, 2.75) is 27.7 Å². The van der Waals surface area contributed by atoms with Crippen LogP contribution in [-0.2, 0) is 36.5 Å². The highest BCUT2D eigenvalue weighted by Crippen LogP contribution is 2.50. The number of nitrogens with zero attached hydrogens (tertiary/aromatic N) is 2. The maximum atomic E-state index is 13.0. The predicted octanol–water partition coefficient (Wildman–Crippen LogP) is 5.58. The van der Waals surface area contributed by atoms with E-state index < -0.39 is 21.6 Å². The Kier molecular flexibility index (Phi) is 11.2. The predicted molar refractivity (Wildman–Crippen MR) is 144 cm³/mol. The molecule has 2 aromatic rings. The van der Waals surface area contributed by atoms with E-state index in [0.717, 1.165) is 0 Å². The lowest BCUT2D eigenvalue weighted by molar-refractivity contribution is -0.110. The number of hydrogen-bond acceptors (Lipinski definition) is 12. The van der Waals surface area contributed by atoms with Gasteiger partial charge < -0.3 is 19.1 Å². The molecule has 0 radical (unpaired) electrons. The van der Waals surface area contributed by atoms with Crippen LogP contribution in [0.5, 0.6) is 11.5 Å². The summed E-state index contributed by atoms with van der Waals surface area (Å²) in [6.07, 6.45) is 0. The van der Waals surface area contributed by atoms with Crippen molar-refractivity contribution in [2.24, 2.45) is 10.2 Å². The van der Waals surface area contributed by atoms with Gasteiger partial charge in [-0.25, -0.2) is 9.13 Å². The molecule has 3 rings (SSSR count). The summed E-state index contributed by atoms with van der Waals surface area (Å²) >= 11 is 0. The number of amides is 1. The molecule has 0 atom stereocenters. The van der Waals surface area contributed by atoms with Crippen molar-refractivity contribution in [3.63, 3.8) is 0 Å². The number of nitrogens with one attached hydrogen (secondary N) is 1. The van der Waals surface area contributed by atoms with Gasteiger partial charge in [0.15, 0.2) is 12.3 Å². The van der Waals surface area contributed by atoms with Crippen LogP contribution in [0.3, 0.4) is 0 Å². The van der Waals surface area contributed by atoms with E-state index in [4.69, 9.17) is 31.9 Å². The van der Waals surface area contributed by atoms with Gasteiger partial charge in [0, 0.05) is 5.56 Å². The number of carbonyl (C=O) groups is 1. The summed E-state index contributed by atoms with van der Waals surface area (Å²) in [5.41, 5.74) is 1.19. The molecule has 0 bridgehead atoms. The molecular weight excluding hydrogens is 552 g/mol. The third-order valence-corrected chi connectivity index (χ3v) is 7.84. The second kappa shape index (κ2) is 14.4. The number of anilines is 1. The molecule has 0 fully saturated rings. The molecule has 0 saturated carbocycles. The SMILES string of the molecule is CCOP(=O)(OCC)O/C(COc1ccc(OP(=O)(OCC)OCC)cc1)=N\N=C1/C(=O)Nc2ccccc21. The number of phosphoric ester groups is 2. The van der Waals surface area contributed by atoms with Crippen molar-refractivity contribution in [3.8, 4) is 11.5 Å². The number of para-hydroxylation sites is 1. The Balaban J connectivity index is 1.80. The third-order valence-electron chi connectivity index (χ3n) is 4.68. The zero-order valence-corrected chi connectivity index (χ0v) is 23.8. The Morgan fingerprint density at radius 3 is 1.97 bits per heavy atom. The lowest BCUT2D eigenvalue weighted by Gasteiger charge is -2.18. The van der Waals surface area contributed by atoms with Crippen molar-refractivity contribution in [3.05, 3.63) is 54.1 Å². The quantitative estimate of drug-likeness (QED) is 0.122. The lowest BCUT2D eigenvalue weighted by atomic mass is 10.1. The number of phosphoric acid groups is 2. The number of hydrogen-bond donors (Lipinski definition) is 1. The van der Waals surface area contributed by atoms with Crippen molar-refractivity contribution in [1.82, 2.24) is 0 Å². The molecule has 13 nitrogen and oxygen atoms in total. The first-order chi connectivity index (χ1) is 18.7. The standard InChI is InChI=1S/C24H31N3O10P2/c1-5-32-38(29,33-6-2)36-19-15-13-18(14-16-19)31-17-22(37-39(30,34-7-3)35-8-4)26-27-23-20-11-9-10-12-21(20)25-24(23)28/h9-16H,5-8,17H2,1-4H3,(H,25,27,28)/b26-22-. The van der Waals surface area contributed by atoms with Gasteiger partial charge in [0.25, 0.3) is 11.8 Å². The molecule has 1 aliphatic rings. The van der Waals surface area contributed by atoms with Crippen LogP contribution in [-0.4, -0.2) is 50.6 Å². The van der Waals surface area contributed by atoms with Gasteiger partial charge in [-0.3, -0.25) is 22.9 Å². The van der Waals surface area contributed by atoms with E-state index in [-0.39, 0.29) is 50.4 Å². The molecule has 212 valence electrons. The summed E-state index contributed by atoms with van der Waals surface area (Å²) in [5, 5.41) is 10.7. The summed E-state index contributed by atoms with van der Waals surface area (Å²) < 4.78 is 62.8. The van der Waals surface area contributed by atoms with Crippen molar-refractivity contribution < 1.29 is 45.8 Å². The van der Waals surface area contributed by atoms with E-state index in [0.29, 0.717) is 17.0 Å². The molecule has 1 amide bonds. The van der Waals surface area contributed by atoms with E-state index in [1.54, 1.807) is 52.0 Å². The first-order valence-corrected chi connectivity index (χ1v) is 15.1. The van der Waals surface area contributed by atoms with Gasteiger partial charge in [-0.1, -0.05) is 18.2 Å². The topological polar surface area (TPSA) is 153 Å². The number of rotatable bonds is 15. The average Bonchev–Trinajstić information content (AvgIpc) is 3.21. The smallest absolute Gasteiger partial charge is 0.484 e. The van der Waals surface area contributed by atoms with Crippen LogP contribution < -0.4 is 14.6 Å². The second-order valence-corrected chi connectivity index (χ2v) is 10.6. The summed E-state index contributed by atoms with van der Waals surface area (Å²) in [4.78, 5) is 12.4. The van der Waals surface area contributed by atoms with Gasteiger partial charge in [0.1, 0.15) is 11.5 Å². The Labute approximate surface area is 226 Å². The summed E-state index contributed by atoms with van der Waals surface area (Å²) in [6, 6.07) is 13.0. The van der Waals surface area contributed by atoms with E-state index in [9.17, 15) is 13.9 Å². The Bertz CT molecular complexity index is 1260. The van der Waals surface area contributed by atoms with E-state index in [1.807, 2.05) is 0 Å². The van der Waals surface area contributed by atoms with Crippen LogP contribution >= 0.6 is 15.6 Å². The van der Waals surface area contributed by atoms with Gasteiger partial charge in [-0.05, 0) is 58.0 Å². The molecule has 0 aliphatic carbocycles. The van der Waals surface area contributed by atoms with Gasteiger partial charge in [-0.15, -0.1) is 10.2 Å². The van der Waals surface area contributed by atoms with Crippen LogP contribution in [0.15, 0.2) is 58.7 Å². The molecule has 1 heterocycles. The highest BCUT2D eigenvalue weighted by molar-refractivity contribution is 7.49. The minimum absolute atomic E-state index is 0.0453. The number of fused-ring (bicyclic) bond motifs is 1. The van der Waals surface area contributed by atoms with Crippen molar-refractivity contribution >= 4 is 38.8 Å². The number of ether oxygens (including phenoxy) is 1. The van der Waals surface area contributed by atoms with Crippen LogP contribution in [0.4, 0.5) is 5.69 Å². The maximum Gasteiger partial charge on any atom is 0.531 e. The third kappa shape index (κ3) is 8.72. The number of carbonyl (C=O) groups excluding carboxylic acids is 1. The van der Waals surface area contributed by atoms with Crippen molar-refractivity contribution in [1.29, 1.82) is 0 Å². The van der Waals surface area contributed by atoms with E-state index in [1.165, 1.54) is 24.3 Å². The monoisotopic (exact) mass is 583 g/mol. The van der Waals surface area contributed by atoms with Gasteiger partial charge in [0.2, 0.25) is 0 Å². The normalized spacial score (nSPS) is 14.7. The summed E-state index contributed by atoms with van der Waals surface area (Å²) in [5.74, 6) is -0.153. The van der Waals surface area contributed by atoms with Gasteiger partial charge in [-0.2, -0.15) is 0 Å². The molecule has 15 heteroatoms. The maximum absolute atomic E-state index is 13.0. The average molecular weight is 583 g/mol. The minimum Gasteiger partial charge on any atom is -0.484 e.